The molecular weight excluding hydrogens is 142 g/mol. The van der Waals surface area contributed by atoms with E-state index in [0.717, 1.165) is 13.2 Å². The van der Waals surface area contributed by atoms with Crippen molar-refractivity contribution in [1.82, 2.24) is 4.90 Å². The lowest BCUT2D eigenvalue weighted by atomic mass is 10.2. The molecule has 0 aliphatic carbocycles. The number of hydrogen-bond donors (Lipinski definition) is 1. The van der Waals surface area contributed by atoms with E-state index in [4.69, 9.17) is 16.3 Å². The van der Waals surface area contributed by atoms with Crippen LogP contribution in [0.15, 0.2) is 0 Å². The molecule has 1 saturated heterocycles. The van der Waals surface area contributed by atoms with Crippen molar-refractivity contribution in [3.8, 4) is 12.3 Å². The number of rotatable bonds is 2. The summed E-state index contributed by atoms with van der Waals surface area (Å²) in [5, 5.41) is 8.90. The summed E-state index contributed by atoms with van der Waals surface area (Å²) in [5.74, 6) is 2.56. The molecule has 1 heterocycles. The zero-order chi connectivity index (χ0) is 8.10. The largest absolute Gasteiger partial charge is 0.395 e. The highest BCUT2D eigenvalue weighted by atomic mass is 16.5. The van der Waals surface area contributed by atoms with Crippen molar-refractivity contribution >= 4 is 0 Å². The molecule has 1 aliphatic rings. The fraction of sp³-hybridized carbons (Fsp3) is 0.750. The predicted octanol–water partition coefficient (Wildman–Crippen LogP) is -0.687. The normalized spacial score (nSPS) is 26.4. The minimum atomic E-state index is 0.0970. The van der Waals surface area contributed by atoms with Gasteiger partial charge in [0.1, 0.15) is 0 Å². The molecule has 0 saturated carbocycles. The fourth-order valence-corrected chi connectivity index (χ4v) is 1.18. The Morgan fingerprint density at radius 3 is 3.18 bits per heavy atom. The SMILES string of the molecule is C#CCN1CCOCC1CO. The average Bonchev–Trinajstić information content (AvgIpc) is 2.06. The molecule has 0 aromatic heterocycles. The standard InChI is InChI=1S/C8H13NO2/c1-2-3-9-4-5-11-7-8(9)6-10/h1,8,10H,3-7H2. The van der Waals surface area contributed by atoms with Crippen molar-refractivity contribution in [2.75, 3.05) is 32.9 Å². The van der Waals surface area contributed by atoms with Crippen LogP contribution in [-0.4, -0.2) is 49.0 Å². The topological polar surface area (TPSA) is 32.7 Å². The first-order valence-corrected chi connectivity index (χ1v) is 3.74. The monoisotopic (exact) mass is 155 g/mol. The van der Waals surface area contributed by atoms with Crippen LogP contribution < -0.4 is 0 Å². The molecule has 0 aromatic rings. The van der Waals surface area contributed by atoms with E-state index in [1.54, 1.807) is 0 Å². The summed E-state index contributed by atoms with van der Waals surface area (Å²) in [6.07, 6.45) is 5.16. The van der Waals surface area contributed by atoms with Gasteiger partial charge in [-0.1, -0.05) is 5.92 Å². The van der Waals surface area contributed by atoms with E-state index in [2.05, 4.69) is 10.8 Å². The van der Waals surface area contributed by atoms with Gasteiger partial charge < -0.3 is 9.84 Å². The number of terminal acetylenes is 1. The van der Waals surface area contributed by atoms with Crippen LogP contribution in [0.1, 0.15) is 0 Å². The Morgan fingerprint density at radius 2 is 2.55 bits per heavy atom. The van der Waals surface area contributed by atoms with E-state index in [1.165, 1.54) is 0 Å². The van der Waals surface area contributed by atoms with E-state index in [9.17, 15) is 0 Å². The molecule has 1 atom stereocenters. The Kier molecular flexibility index (Phi) is 3.37. The molecule has 1 N–H and O–H groups in total. The first kappa shape index (κ1) is 8.54. The number of hydrogen-bond acceptors (Lipinski definition) is 3. The van der Waals surface area contributed by atoms with Gasteiger partial charge in [0, 0.05) is 6.54 Å². The number of morpholine rings is 1. The lowest BCUT2D eigenvalue weighted by Crippen LogP contribution is -2.47. The van der Waals surface area contributed by atoms with Crippen LogP contribution >= 0.6 is 0 Å². The van der Waals surface area contributed by atoms with Crippen molar-refractivity contribution in [3.63, 3.8) is 0 Å². The molecule has 0 amide bonds. The lowest BCUT2D eigenvalue weighted by Gasteiger charge is -2.32. The van der Waals surface area contributed by atoms with Gasteiger partial charge in [-0.05, 0) is 0 Å². The van der Waals surface area contributed by atoms with Crippen LogP contribution in [0.25, 0.3) is 0 Å². The Hall–Kier alpha value is -0.560. The van der Waals surface area contributed by atoms with Crippen molar-refractivity contribution in [3.05, 3.63) is 0 Å². The van der Waals surface area contributed by atoms with E-state index in [0.29, 0.717) is 13.2 Å². The molecule has 0 radical (unpaired) electrons. The Labute approximate surface area is 67.0 Å². The van der Waals surface area contributed by atoms with Crippen LogP contribution in [0.2, 0.25) is 0 Å². The van der Waals surface area contributed by atoms with Crippen LogP contribution in [-0.2, 0) is 4.74 Å². The van der Waals surface area contributed by atoms with Gasteiger partial charge in [0.25, 0.3) is 0 Å². The van der Waals surface area contributed by atoms with E-state index in [-0.39, 0.29) is 12.6 Å². The second-order valence-corrected chi connectivity index (χ2v) is 2.59. The molecule has 1 aliphatic heterocycles. The quantitative estimate of drug-likeness (QED) is 0.536. The number of aliphatic hydroxyl groups is 1. The first-order chi connectivity index (χ1) is 5.38. The smallest absolute Gasteiger partial charge is 0.0645 e. The molecular formula is C8H13NO2. The fourth-order valence-electron chi connectivity index (χ4n) is 1.18. The number of aliphatic hydroxyl groups excluding tert-OH is 1. The average molecular weight is 155 g/mol. The molecule has 3 heteroatoms. The third kappa shape index (κ3) is 2.19. The van der Waals surface area contributed by atoms with Crippen LogP contribution in [0.5, 0.6) is 0 Å². The third-order valence-electron chi connectivity index (χ3n) is 1.85. The summed E-state index contributed by atoms with van der Waals surface area (Å²) in [5.41, 5.74) is 0. The summed E-state index contributed by atoms with van der Waals surface area (Å²) in [6, 6.07) is 0.0970. The second kappa shape index (κ2) is 4.35. The molecule has 0 aromatic carbocycles. The molecule has 1 rings (SSSR count). The second-order valence-electron chi connectivity index (χ2n) is 2.59. The Morgan fingerprint density at radius 1 is 1.73 bits per heavy atom. The van der Waals surface area contributed by atoms with Gasteiger partial charge in [-0.2, -0.15) is 0 Å². The molecule has 62 valence electrons. The van der Waals surface area contributed by atoms with Crippen molar-refractivity contribution in [1.29, 1.82) is 0 Å². The number of ether oxygens (including phenoxy) is 1. The molecule has 0 bridgehead atoms. The number of nitrogens with zero attached hydrogens (tertiary/aromatic N) is 1. The van der Waals surface area contributed by atoms with Gasteiger partial charge >= 0.3 is 0 Å². The van der Waals surface area contributed by atoms with Crippen LogP contribution in [0, 0.1) is 12.3 Å². The van der Waals surface area contributed by atoms with Gasteiger partial charge in [-0.25, -0.2) is 0 Å². The minimum absolute atomic E-state index is 0.0970. The molecule has 0 spiro atoms. The van der Waals surface area contributed by atoms with Crippen molar-refractivity contribution in [2.24, 2.45) is 0 Å². The van der Waals surface area contributed by atoms with Gasteiger partial charge in [0.2, 0.25) is 0 Å². The first-order valence-electron chi connectivity index (χ1n) is 3.74. The predicted molar refractivity (Wildman–Crippen MR) is 42.1 cm³/mol. The van der Waals surface area contributed by atoms with Gasteiger partial charge in [-0.15, -0.1) is 6.42 Å². The zero-order valence-electron chi connectivity index (χ0n) is 6.49. The highest BCUT2D eigenvalue weighted by molar-refractivity contribution is 4.91. The summed E-state index contributed by atoms with van der Waals surface area (Å²) < 4.78 is 5.18. The summed E-state index contributed by atoms with van der Waals surface area (Å²) in [7, 11) is 0. The molecule has 11 heavy (non-hydrogen) atoms. The van der Waals surface area contributed by atoms with Crippen molar-refractivity contribution in [2.45, 2.75) is 6.04 Å². The van der Waals surface area contributed by atoms with E-state index >= 15 is 0 Å². The van der Waals surface area contributed by atoms with Gasteiger partial charge in [0.05, 0.1) is 32.4 Å². The van der Waals surface area contributed by atoms with Crippen molar-refractivity contribution < 1.29 is 9.84 Å². The summed E-state index contributed by atoms with van der Waals surface area (Å²) >= 11 is 0. The van der Waals surface area contributed by atoms with Crippen LogP contribution in [0.4, 0.5) is 0 Å². The Bertz CT molecular complexity index is 153. The Balaban J connectivity index is 2.39. The maximum atomic E-state index is 8.90. The molecule has 1 fully saturated rings. The zero-order valence-corrected chi connectivity index (χ0v) is 6.49. The maximum absolute atomic E-state index is 8.90. The van der Waals surface area contributed by atoms with E-state index in [1.807, 2.05) is 0 Å². The lowest BCUT2D eigenvalue weighted by molar-refractivity contribution is -0.0210. The minimum Gasteiger partial charge on any atom is -0.395 e. The third-order valence-corrected chi connectivity index (χ3v) is 1.85. The summed E-state index contributed by atoms with van der Waals surface area (Å²) in [6.45, 7) is 2.88. The van der Waals surface area contributed by atoms with Gasteiger partial charge in [0.15, 0.2) is 0 Å². The summed E-state index contributed by atoms with van der Waals surface area (Å²) in [4.78, 5) is 2.06. The molecule has 1 unspecified atom stereocenters. The van der Waals surface area contributed by atoms with Crippen LogP contribution in [0.3, 0.4) is 0 Å². The molecule has 3 nitrogen and oxygen atoms in total. The van der Waals surface area contributed by atoms with E-state index < -0.39 is 0 Å². The maximum Gasteiger partial charge on any atom is 0.0645 e. The van der Waals surface area contributed by atoms with Gasteiger partial charge in [-0.3, -0.25) is 4.90 Å². The highest BCUT2D eigenvalue weighted by Gasteiger charge is 2.20. The highest BCUT2D eigenvalue weighted by Crippen LogP contribution is 2.04.